The Morgan fingerprint density at radius 3 is 2.81 bits per heavy atom. The Bertz CT molecular complexity index is 778. The summed E-state index contributed by atoms with van der Waals surface area (Å²) in [6.45, 7) is 2.20. The molecule has 0 atom stereocenters. The van der Waals surface area contributed by atoms with Crippen molar-refractivity contribution in [3.05, 3.63) is 40.5 Å². The van der Waals surface area contributed by atoms with Gasteiger partial charge in [0.05, 0.1) is 11.2 Å². The first-order chi connectivity index (χ1) is 9.93. The summed E-state index contributed by atoms with van der Waals surface area (Å²) in [7, 11) is -1.93. The van der Waals surface area contributed by atoms with Gasteiger partial charge in [-0.25, -0.2) is 12.7 Å². The number of sulfonamides is 1. The fourth-order valence-corrected chi connectivity index (χ4v) is 5.14. The van der Waals surface area contributed by atoms with Crippen LogP contribution in [0.3, 0.4) is 0 Å². The van der Waals surface area contributed by atoms with E-state index in [1.165, 1.54) is 4.31 Å². The highest BCUT2D eigenvalue weighted by atomic mass is 35.5. The molecule has 0 N–H and O–H groups in total. The van der Waals surface area contributed by atoms with Gasteiger partial charge < -0.3 is 0 Å². The molecule has 7 heteroatoms. The standard InChI is InChI=1S/C14H16ClN3O2S/c1-10-5-3-7-12(15)13(10)21(19,20)18-8-4-6-11-9-16-17(2)14(11)18/h3,5,7,9H,4,6,8H2,1-2H3. The molecule has 1 aromatic heterocycles. The fourth-order valence-electron chi connectivity index (χ4n) is 2.78. The van der Waals surface area contributed by atoms with E-state index in [0.717, 1.165) is 18.4 Å². The van der Waals surface area contributed by atoms with Crippen LogP contribution in [0.15, 0.2) is 29.3 Å². The highest BCUT2D eigenvalue weighted by Crippen LogP contribution is 2.34. The third kappa shape index (κ3) is 2.22. The first kappa shape index (κ1) is 14.4. The molecule has 112 valence electrons. The molecule has 1 aromatic carbocycles. The van der Waals surface area contributed by atoms with Crippen molar-refractivity contribution in [2.24, 2.45) is 7.05 Å². The Labute approximate surface area is 129 Å². The summed E-state index contributed by atoms with van der Waals surface area (Å²) in [6, 6.07) is 5.12. The Kier molecular flexibility index (Phi) is 3.45. The summed E-state index contributed by atoms with van der Waals surface area (Å²) in [5.41, 5.74) is 1.61. The maximum atomic E-state index is 13.0. The summed E-state index contributed by atoms with van der Waals surface area (Å²) >= 11 is 6.15. The lowest BCUT2D eigenvalue weighted by Crippen LogP contribution is -2.37. The highest BCUT2D eigenvalue weighted by Gasteiger charge is 2.33. The average molecular weight is 326 g/mol. The molecule has 0 fully saturated rings. The minimum absolute atomic E-state index is 0.181. The number of aromatic nitrogens is 2. The van der Waals surface area contributed by atoms with Gasteiger partial charge in [0.15, 0.2) is 0 Å². The summed E-state index contributed by atoms with van der Waals surface area (Å²) < 4.78 is 29.1. The quantitative estimate of drug-likeness (QED) is 0.852. The van der Waals surface area contributed by atoms with Crippen LogP contribution in [0.1, 0.15) is 17.5 Å². The van der Waals surface area contributed by atoms with Gasteiger partial charge in [-0.15, -0.1) is 0 Å². The van der Waals surface area contributed by atoms with Gasteiger partial charge in [0.2, 0.25) is 0 Å². The van der Waals surface area contributed by atoms with E-state index in [1.807, 2.05) is 0 Å². The van der Waals surface area contributed by atoms with Crippen LogP contribution in [0.2, 0.25) is 5.02 Å². The van der Waals surface area contributed by atoms with Crippen molar-refractivity contribution >= 4 is 27.4 Å². The number of rotatable bonds is 2. The van der Waals surface area contributed by atoms with E-state index in [0.29, 0.717) is 17.9 Å². The van der Waals surface area contributed by atoms with Crippen molar-refractivity contribution in [2.75, 3.05) is 10.8 Å². The smallest absolute Gasteiger partial charge is 0.252 e. The molecule has 1 aliphatic heterocycles. The number of aryl methyl sites for hydroxylation is 3. The predicted octanol–water partition coefficient (Wildman–Crippen LogP) is 2.52. The van der Waals surface area contributed by atoms with Crippen molar-refractivity contribution in [1.82, 2.24) is 9.78 Å². The predicted molar refractivity (Wildman–Crippen MR) is 82.2 cm³/mol. The van der Waals surface area contributed by atoms with Crippen LogP contribution in [0, 0.1) is 6.92 Å². The van der Waals surface area contributed by atoms with Gasteiger partial charge in [-0.2, -0.15) is 5.10 Å². The molecular formula is C14H16ClN3O2S. The molecule has 0 aliphatic carbocycles. The number of halogens is 1. The number of anilines is 1. The molecule has 3 rings (SSSR count). The third-order valence-electron chi connectivity index (χ3n) is 3.74. The minimum Gasteiger partial charge on any atom is -0.252 e. The summed E-state index contributed by atoms with van der Waals surface area (Å²) in [5.74, 6) is 0.639. The maximum absolute atomic E-state index is 13.0. The fraction of sp³-hybridized carbons (Fsp3) is 0.357. The monoisotopic (exact) mass is 325 g/mol. The SMILES string of the molecule is Cc1cccc(Cl)c1S(=O)(=O)N1CCCc2cnn(C)c21. The van der Waals surface area contributed by atoms with Crippen molar-refractivity contribution in [2.45, 2.75) is 24.7 Å². The van der Waals surface area contributed by atoms with Gasteiger partial charge in [0.25, 0.3) is 10.0 Å². The second-order valence-corrected chi connectivity index (χ2v) is 7.39. The Morgan fingerprint density at radius 2 is 2.10 bits per heavy atom. The van der Waals surface area contributed by atoms with E-state index in [4.69, 9.17) is 11.6 Å². The number of nitrogens with zero attached hydrogens (tertiary/aromatic N) is 3. The van der Waals surface area contributed by atoms with Gasteiger partial charge >= 0.3 is 0 Å². The number of fused-ring (bicyclic) bond motifs is 1. The molecule has 0 bridgehead atoms. The van der Waals surface area contributed by atoms with E-state index in [2.05, 4.69) is 5.10 Å². The topological polar surface area (TPSA) is 55.2 Å². The van der Waals surface area contributed by atoms with Crippen molar-refractivity contribution in [1.29, 1.82) is 0 Å². The summed E-state index contributed by atoms with van der Waals surface area (Å²) in [5, 5.41) is 4.43. The summed E-state index contributed by atoms with van der Waals surface area (Å²) in [4.78, 5) is 0.181. The zero-order chi connectivity index (χ0) is 15.2. The Balaban J connectivity index is 2.19. The van der Waals surface area contributed by atoms with Crippen molar-refractivity contribution < 1.29 is 8.42 Å². The number of hydrogen-bond donors (Lipinski definition) is 0. The van der Waals surface area contributed by atoms with Crippen molar-refractivity contribution in [3.63, 3.8) is 0 Å². The van der Waals surface area contributed by atoms with Crippen LogP contribution in [-0.2, 0) is 23.5 Å². The van der Waals surface area contributed by atoms with E-state index in [1.54, 1.807) is 43.0 Å². The Hall–Kier alpha value is -1.53. The normalized spacial score (nSPS) is 15.1. The highest BCUT2D eigenvalue weighted by molar-refractivity contribution is 7.93. The van der Waals surface area contributed by atoms with Crippen LogP contribution >= 0.6 is 11.6 Å². The van der Waals surface area contributed by atoms with E-state index >= 15 is 0 Å². The van der Waals surface area contributed by atoms with Crippen LogP contribution in [0.5, 0.6) is 0 Å². The van der Waals surface area contributed by atoms with Gasteiger partial charge in [-0.1, -0.05) is 23.7 Å². The molecule has 0 saturated heterocycles. The molecule has 0 amide bonds. The molecule has 5 nitrogen and oxygen atoms in total. The van der Waals surface area contributed by atoms with E-state index in [9.17, 15) is 8.42 Å². The van der Waals surface area contributed by atoms with Gasteiger partial charge in [0, 0.05) is 19.2 Å². The molecule has 0 saturated carbocycles. The first-order valence-electron chi connectivity index (χ1n) is 6.71. The number of hydrogen-bond acceptors (Lipinski definition) is 3. The molecule has 0 spiro atoms. The molecule has 2 heterocycles. The lowest BCUT2D eigenvalue weighted by atomic mass is 10.1. The minimum atomic E-state index is -3.69. The van der Waals surface area contributed by atoms with Gasteiger partial charge in [0.1, 0.15) is 10.7 Å². The zero-order valence-corrected chi connectivity index (χ0v) is 13.4. The molecule has 0 unspecified atom stereocenters. The lowest BCUT2D eigenvalue weighted by molar-refractivity contribution is 0.582. The Morgan fingerprint density at radius 1 is 1.33 bits per heavy atom. The van der Waals surface area contributed by atoms with Crippen LogP contribution in [-0.4, -0.2) is 24.7 Å². The van der Waals surface area contributed by atoms with E-state index in [-0.39, 0.29) is 9.92 Å². The number of benzene rings is 1. The molecule has 1 aliphatic rings. The molecular weight excluding hydrogens is 310 g/mol. The van der Waals surface area contributed by atoms with E-state index < -0.39 is 10.0 Å². The van der Waals surface area contributed by atoms with Crippen LogP contribution < -0.4 is 4.31 Å². The first-order valence-corrected chi connectivity index (χ1v) is 8.53. The largest absolute Gasteiger partial charge is 0.267 e. The van der Waals surface area contributed by atoms with Crippen LogP contribution in [0.4, 0.5) is 5.82 Å². The molecule has 0 radical (unpaired) electrons. The molecule has 2 aromatic rings. The second-order valence-electron chi connectivity index (χ2n) is 5.18. The van der Waals surface area contributed by atoms with Gasteiger partial charge in [-0.05, 0) is 31.4 Å². The van der Waals surface area contributed by atoms with Crippen molar-refractivity contribution in [3.8, 4) is 0 Å². The van der Waals surface area contributed by atoms with Crippen LogP contribution in [0.25, 0.3) is 0 Å². The summed E-state index contributed by atoms with van der Waals surface area (Å²) in [6.07, 6.45) is 3.36. The average Bonchev–Trinajstić information content (AvgIpc) is 2.80. The maximum Gasteiger partial charge on any atom is 0.267 e. The van der Waals surface area contributed by atoms with Gasteiger partial charge in [-0.3, -0.25) is 4.68 Å². The third-order valence-corrected chi connectivity index (χ3v) is 6.16. The second kappa shape index (κ2) is 5.03. The molecule has 21 heavy (non-hydrogen) atoms. The lowest BCUT2D eigenvalue weighted by Gasteiger charge is -2.29. The zero-order valence-electron chi connectivity index (χ0n) is 11.9.